The molecule has 2 aromatic heterocycles. The molecule has 5 heteroatoms. The molecule has 0 aliphatic carbocycles. The minimum atomic E-state index is -0.289. The van der Waals surface area contributed by atoms with Gasteiger partial charge in [0.1, 0.15) is 5.76 Å². The van der Waals surface area contributed by atoms with Crippen LogP contribution in [0, 0.1) is 13.8 Å². The first kappa shape index (κ1) is 10.4. The van der Waals surface area contributed by atoms with Crippen molar-refractivity contribution >= 4 is 11.6 Å². The lowest BCUT2D eigenvalue weighted by molar-refractivity contribution is 0.101. The smallest absolute Gasteiger partial charge is 0.277 e. The Bertz CT molecular complexity index is 519. The lowest BCUT2D eigenvalue weighted by Gasteiger charge is -2.02. The monoisotopic (exact) mass is 217 g/mol. The van der Waals surface area contributed by atoms with Crippen LogP contribution in [0.1, 0.15) is 21.9 Å². The molecule has 0 aliphatic rings. The molecule has 16 heavy (non-hydrogen) atoms. The highest BCUT2D eigenvalue weighted by molar-refractivity contribution is 6.02. The molecule has 0 fully saturated rings. The Kier molecular flexibility index (Phi) is 2.68. The predicted octanol–water partition coefficient (Wildman–Crippen LogP) is 1.94. The highest BCUT2D eigenvalue weighted by Crippen LogP contribution is 2.09. The molecule has 0 aliphatic heterocycles. The van der Waals surface area contributed by atoms with E-state index in [1.165, 1.54) is 0 Å². The third-order valence-electron chi connectivity index (χ3n) is 2.02. The van der Waals surface area contributed by atoms with E-state index in [2.05, 4.69) is 15.5 Å². The summed E-state index contributed by atoms with van der Waals surface area (Å²) in [6.07, 6.45) is 1.64. The Labute approximate surface area is 92.5 Å². The van der Waals surface area contributed by atoms with Crippen molar-refractivity contribution in [2.24, 2.45) is 0 Å². The summed E-state index contributed by atoms with van der Waals surface area (Å²) in [6, 6.07) is 5.09. The summed E-state index contributed by atoms with van der Waals surface area (Å²) in [5.41, 5.74) is 1.80. The Hall–Kier alpha value is -2.17. The number of carbonyl (C=O) groups excluding carboxylic acids is 1. The summed E-state index contributed by atoms with van der Waals surface area (Å²) >= 11 is 0. The SMILES string of the molecule is Cc1cc(NC(=O)c2cc(C)on2)ccn1. The van der Waals surface area contributed by atoms with E-state index in [4.69, 9.17) is 4.52 Å². The molecular formula is C11H11N3O2. The van der Waals surface area contributed by atoms with E-state index in [1.807, 2.05) is 6.92 Å². The summed E-state index contributed by atoms with van der Waals surface area (Å²) in [5.74, 6) is 0.318. The quantitative estimate of drug-likeness (QED) is 0.834. The number of hydrogen-bond acceptors (Lipinski definition) is 4. The number of aromatic nitrogens is 2. The van der Waals surface area contributed by atoms with E-state index >= 15 is 0 Å². The number of hydrogen-bond donors (Lipinski definition) is 1. The van der Waals surface area contributed by atoms with Gasteiger partial charge >= 0.3 is 0 Å². The largest absolute Gasteiger partial charge is 0.361 e. The molecule has 0 aromatic carbocycles. The maximum atomic E-state index is 11.7. The number of aryl methyl sites for hydroxylation is 2. The van der Waals surface area contributed by atoms with E-state index < -0.39 is 0 Å². The van der Waals surface area contributed by atoms with Crippen molar-refractivity contribution in [3.05, 3.63) is 41.5 Å². The van der Waals surface area contributed by atoms with Crippen LogP contribution < -0.4 is 5.32 Å². The highest BCUT2D eigenvalue weighted by atomic mass is 16.5. The minimum absolute atomic E-state index is 0.270. The Morgan fingerprint density at radius 2 is 2.19 bits per heavy atom. The summed E-state index contributed by atoms with van der Waals surface area (Å²) in [4.78, 5) is 15.7. The molecule has 2 heterocycles. The van der Waals surface area contributed by atoms with Crippen molar-refractivity contribution in [3.8, 4) is 0 Å². The molecular weight excluding hydrogens is 206 g/mol. The first-order valence-electron chi connectivity index (χ1n) is 4.82. The maximum Gasteiger partial charge on any atom is 0.277 e. The number of rotatable bonds is 2. The van der Waals surface area contributed by atoms with Crippen LogP contribution >= 0.6 is 0 Å². The number of anilines is 1. The van der Waals surface area contributed by atoms with E-state index in [0.717, 1.165) is 5.69 Å². The fraction of sp³-hybridized carbons (Fsp3) is 0.182. The third-order valence-corrected chi connectivity index (χ3v) is 2.02. The third kappa shape index (κ3) is 2.25. The summed E-state index contributed by atoms with van der Waals surface area (Å²) in [6.45, 7) is 3.59. The molecule has 1 amide bonds. The van der Waals surface area contributed by atoms with Gasteiger partial charge in [-0.2, -0.15) is 0 Å². The molecule has 2 rings (SSSR count). The number of amides is 1. The zero-order valence-electron chi connectivity index (χ0n) is 9.02. The van der Waals surface area contributed by atoms with Gasteiger partial charge in [0.15, 0.2) is 5.69 Å². The average molecular weight is 217 g/mol. The molecule has 0 saturated carbocycles. The molecule has 82 valence electrons. The number of nitrogens with one attached hydrogen (secondary N) is 1. The van der Waals surface area contributed by atoms with Gasteiger partial charge in [0.2, 0.25) is 0 Å². The summed E-state index contributed by atoms with van der Waals surface area (Å²) in [7, 11) is 0. The van der Waals surface area contributed by atoms with Crippen molar-refractivity contribution in [2.75, 3.05) is 5.32 Å². The van der Waals surface area contributed by atoms with Gasteiger partial charge in [0, 0.05) is 23.6 Å². The number of carbonyl (C=O) groups is 1. The van der Waals surface area contributed by atoms with Crippen molar-refractivity contribution in [1.29, 1.82) is 0 Å². The average Bonchev–Trinajstić information content (AvgIpc) is 2.65. The van der Waals surface area contributed by atoms with Crippen LogP contribution in [0.3, 0.4) is 0 Å². The van der Waals surface area contributed by atoms with Crippen molar-refractivity contribution in [1.82, 2.24) is 10.1 Å². The van der Waals surface area contributed by atoms with Crippen LogP contribution in [0.25, 0.3) is 0 Å². The van der Waals surface area contributed by atoms with Crippen molar-refractivity contribution in [3.63, 3.8) is 0 Å². The first-order chi connectivity index (χ1) is 7.65. The highest BCUT2D eigenvalue weighted by Gasteiger charge is 2.10. The standard InChI is InChI=1S/C11H11N3O2/c1-7-5-9(3-4-12-7)13-11(15)10-6-8(2)16-14-10/h3-6H,1-2H3,(H,12,13,15). The van der Waals surface area contributed by atoms with Crippen LogP contribution in [0.2, 0.25) is 0 Å². The van der Waals surface area contributed by atoms with E-state index in [1.54, 1.807) is 31.3 Å². The second-order valence-corrected chi connectivity index (χ2v) is 3.46. The van der Waals surface area contributed by atoms with Gasteiger partial charge < -0.3 is 9.84 Å². The van der Waals surface area contributed by atoms with Gasteiger partial charge in [-0.25, -0.2) is 0 Å². The summed E-state index contributed by atoms with van der Waals surface area (Å²) < 4.78 is 4.82. The van der Waals surface area contributed by atoms with Crippen LogP contribution in [0.4, 0.5) is 5.69 Å². The van der Waals surface area contributed by atoms with Gasteiger partial charge in [-0.05, 0) is 26.0 Å². The number of nitrogens with zero attached hydrogens (tertiary/aromatic N) is 2. The van der Waals surface area contributed by atoms with Gasteiger partial charge in [0.25, 0.3) is 5.91 Å². The number of pyridine rings is 1. The topological polar surface area (TPSA) is 68.0 Å². The molecule has 2 aromatic rings. The predicted molar refractivity (Wildman–Crippen MR) is 58.2 cm³/mol. The van der Waals surface area contributed by atoms with Crippen LogP contribution in [-0.2, 0) is 0 Å². The molecule has 0 bridgehead atoms. The molecule has 0 atom stereocenters. The van der Waals surface area contributed by atoms with Crippen LogP contribution in [0.15, 0.2) is 28.9 Å². The molecule has 1 N–H and O–H groups in total. The van der Waals surface area contributed by atoms with E-state index in [0.29, 0.717) is 11.4 Å². The fourth-order valence-electron chi connectivity index (χ4n) is 1.29. The van der Waals surface area contributed by atoms with Crippen molar-refractivity contribution < 1.29 is 9.32 Å². The van der Waals surface area contributed by atoms with Gasteiger partial charge in [-0.15, -0.1) is 0 Å². The molecule has 0 unspecified atom stereocenters. The molecule has 5 nitrogen and oxygen atoms in total. The molecule has 0 spiro atoms. The zero-order chi connectivity index (χ0) is 11.5. The van der Waals surface area contributed by atoms with Gasteiger partial charge in [0.05, 0.1) is 0 Å². The Morgan fingerprint density at radius 3 is 2.81 bits per heavy atom. The van der Waals surface area contributed by atoms with Crippen LogP contribution in [-0.4, -0.2) is 16.0 Å². The van der Waals surface area contributed by atoms with Crippen LogP contribution in [0.5, 0.6) is 0 Å². The Morgan fingerprint density at radius 1 is 1.38 bits per heavy atom. The lowest BCUT2D eigenvalue weighted by atomic mass is 10.3. The minimum Gasteiger partial charge on any atom is -0.361 e. The van der Waals surface area contributed by atoms with E-state index in [-0.39, 0.29) is 11.6 Å². The maximum absolute atomic E-state index is 11.7. The van der Waals surface area contributed by atoms with Gasteiger partial charge in [-0.3, -0.25) is 9.78 Å². The van der Waals surface area contributed by atoms with Gasteiger partial charge in [-0.1, -0.05) is 5.16 Å². The Balaban J connectivity index is 2.13. The zero-order valence-corrected chi connectivity index (χ0v) is 9.02. The van der Waals surface area contributed by atoms with E-state index in [9.17, 15) is 4.79 Å². The lowest BCUT2D eigenvalue weighted by Crippen LogP contribution is -2.12. The molecule has 0 radical (unpaired) electrons. The normalized spacial score (nSPS) is 10.1. The second-order valence-electron chi connectivity index (χ2n) is 3.46. The summed E-state index contributed by atoms with van der Waals surface area (Å²) in [5, 5.41) is 6.34. The fourth-order valence-corrected chi connectivity index (χ4v) is 1.29. The van der Waals surface area contributed by atoms with Crippen molar-refractivity contribution in [2.45, 2.75) is 13.8 Å². The first-order valence-corrected chi connectivity index (χ1v) is 4.82. The second kappa shape index (κ2) is 4.14. The molecule has 0 saturated heterocycles.